The van der Waals surface area contributed by atoms with Crippen molar-refractivity contribution in [1.82, 2.24) is 0 Å². The third-order valence-electron chi connectivity index (χ3n) is 3.73. The van der Waals surface area contributed by atoms with Crippen molar-refractivity contribution in [3.8, 4) is 0 Å². The van der Waals surface area contributed by atoms with Crippen LogP contribution in [-0.2, 0) is 20.7 Å². The van der Waals surface area contributed by atoms with E-state index >= 15 is 0 Å². The lowest BCUT2D eigenvalue weighted by Gasteiger charge is -2.09. The minimum absolute atomic E-state index is 0.00607. The van der Waals surface area contributed by atoms with Crippen LogP contribution in [0.5, 0.6) is 0 Å². The molecule has 0 atom stereocenters. The molecular weight excluding hydrogens is 278 g/mol. The van der Waals surface area contributed by atoms with Crippen molar-refractivity contribution in [3.63, 3.8) is 0 Å². The van der Waals surface area contributed by atoms with Crippen LogP contribution >= 0.6 is 0 Å². The summed E-state index contributed by atoms with van der Waals surface area (Å²) in [6, 6.07) is 2.66. The SMILES string of the molecule is O=C(CCCC1OCCO1)c1cc2c(cc1F)COB2O. The minimum atomic E-state index is -1.08. The van der Waals surface area contributed by atoms with Crippen LogP contribution in [0.1, 0.15) is 35.2 Å². The summed E-state index contributed by atoms with van der Waals surface area (Å²) in [6.07, 6.45) is 1.15. The second-order valence-corrected chi connectivity index (χ2v) is 5.18. The molecular formula is C14H16BFO5. The number of carbonyl (C=O) groups excluding carboxylic acids is 1. The molecule has 0 bridgehead atoms. The highest BCUT2D eigenvalue weighted by atomic mass is 19.1. The Balaban J connectivity index is 1.63. The van der Waals surface area contributed by atoms with Gasteiger partial charge < -0.3 is 19.2 Å². The van der Waals surface area contributed by atoms with Gasteiger partial charge in [-0.05, 0) is 36.0 Å². The van der Waals surface area contributed by atoms with Gasteiger partial charge in [0.15, 0.2) is 12.1 Å². The maximum Gasteiger partial charge on any atom is 0.491 e. The van der Waals surface area contributed by atoms with Gasteiger partial charge in [0.25, 0.3) is 0 Å². The van der Waals surface area contributed by atoms with Gasteiger partial charge in [0, 0.05) is 6.42 Å². The average Bonchev–Trinajstić information content (AvgIpc) is 3.08. The molecule has 112 valence electrons. The molecule has 1 saturated heterocycles. The first-order valence-corrected chi connectivity index (χ1v) is 7.03. The van der Waals surface area contributed by atoms with Crippen LogP contribution < -0.4 is 5.46 Å². The molecule has 0 aromatic heterocycles. The second kappa shape index (κ2) is 6.23. The summed E-state index contributed by atoms with van der Waals surface area (Å²) in [4.78, 5) is 12.1. The molecule has 2 heterocycles. The van der Waals surface area contributed by atoms with Crippen molar-refractivity contribution in [3.05, 3.63) is 29.1 Å². The molecule has 1 aromatic rings. The molecule has 1 fully saturated rings. The third-order valence-corrected chi connectivity index (χ3v) is 3.73. The predicted molar refractivity (Wildman–Crippen MR) is 72.7 cm³/mol. The van der Waals surface area contributed by atoms with Gasteiger partial charge in [0.1, 0.15) is 5.82 Å². The molecule has 21 heavy (non-hydrogen) atoms. The fourth-order valence-electron chi connectivity index (χ4n) is 2.60. The van der Waals surface area contributed by atoms with Gasteiger partial charge >= 0.3 is 7.12 Å². The first-order chi connectivity index (χ1) is 10.1. The molecule has 3 rings (SSSR count). The van der Waals surface area contributed by atoms with Crippen LogP contribution in [0.4, 0.5) is 4.39 Å². The number of Topliss-reactive ketones (excluding diaryl/α,β-unsaturated/α-hetero) is 1. The predicted octanol–water partition coefficient (Wildman–Crippen LogP) is 0.769. The molecule has 5 nitrogen and oxygen atoms in total. The molecule has 0 aliphatic carbocycles. The molecule has 0 amide bonds. The zero-order valence-corrected chi connectivity index (χ0v) is 11.5. The van der Waals surface area contributed by atoms with Crippen molar-refractivity contribution in [2.75, 3.05) is 13.2 Å². The number of benzene rings is 1. The fourth-order valence-corrected chi connectivity index (χ4v) is 2.60. The molecule has 1 N–H and O–H groups in total. The standard InChI is InChI=1S/C14H16BFO5/c16-12-6-9-8-21-15(18)11(9)7-10(12)13(17)2-1-3-14-19-4-5-20-14/h6-7,14,18H,1-5,8H2. The van der Waals surface area contributed by atoms with E-state index in [0.717, 1.165) is 0 Å². The third kappa shape index (κ3) is 3.16. The zero-order valence-electron chi connectivity index (χ0n) is 11.5. The summed E-state index contributed by atoms with van der Waals surface area (Å²) < 4.78 is 29.5. The van der Waals surface area contributed by atoms with Crippen LogP contribution in [0.15, 0.2) is 12.1 Å². The van der Waals surface area contributed by atoms with Crippen LogP contribution in [0.2, 0.25) is 0 Å². The Bertz CT molecular complexity index is 544. The number of hydrogen-bond donors (Lipinski definition) is 1. The van der Waals surface area contributed by atoms with Gasteiger partial charge in [-0.15, -0.1) is 0 Å². The van der Waals surface area contributed by atoms with Gasteiger partial charge in [-0.25, -0.2) is 4.39 Å². The number of carbonyl (C=O) groups is 1. The molecule has 0 spiro atoms. The number of hydrogen-bond acceptors (Lipinski definition) is 5. The first-order valence-electron chi connectivity index (χ1n) is 7.03. The van der Waals surface area contributed by atoms with Crippen LogP contribution in [-0.4, -0.2) is 37.4 Å². The number of ether oxygens (including phenoxy) is 2. The highest BCUT2D eigenvalue weighted by Crippen LogP contribution is 2.18. The summed E-state index contributed by atoms with van der Waals surface area (Å²) in [5.41, 5.74) is 1.07. The van der Waals surface area contributed by atoms with E-state index in [-0.39, 0.29) is 30.7 Å². The Morgan fingerprint density at radius 2 is 2.14 bits per heavy atom. The van der Waals surface area contributed by atoms with E-state index in [2.05, 4.69) is 0 Å². The van der Waals surface area contributed by atoms with E-state index < -0.39 is 12.9 Å². The van der Waals surface area contributed by atoms with Crippen LogP contribution in [0, 0.1) is 5.82 Å². The largest absolute Gasteiger partial charge is 0.491 e. The van der Waals surface area contributed by atoms with E-state index in [1.165, 1.54) is 12.1 Å². The molecule has 0 radical (unpaired) electrons. The van der Waals surface area contributed by atoms with Crippen molar-refractivity contribution in [2.45, 2.75) is 32.2 Å². The summed E-state index contributed by atoms with van der Waals surface area (Å²) in [6.45, 7) is 1.32. The maximum atomic E-state index is 13.9. The molecule has 1 aromatic carbocycles. The lowest BCUT2D eigenvalue weighted by atomic mass is 9.78. The van der Waals surface area contributed by atoms with Crippen molar-refractivity contribution < 1.29 is 28.3 Å². The topological polar surface area (TPSA) is 65.0 Å². The molecule has 2 aliphatic rings. The smallest absolute Gasteiger partial charge is 0.423 e. The van der Waals surface area contributed by atoms with E-state index in [4.69, 9.17) is 14.1 Å². The van der Waals surface area contributed by atoms with E-state index in [0.29, 0.717) is 37.1 Å². The van der Waals surface area contributed by atoms with E-state index in [1.807, 2.05) is 0 Å². The quantitative estimate of drug-likeness (QED) is 0.642. The Morgan fingerprint density at radius 3 is 2.90 bits per heavy atom. The van der Waals surface area contributed by atoms with Crippen molar-refractivity contribution in [2.24, 2.45) is 0 Å². The molecule has 0 unspecified atom stereocenters. The maximum absolute atomic E-state index is 13.9. The zero-order chi connectivity index (χ0) is 14.8. The molecule has 0 saturated carbocycles. The second-order valence-electron chi connectivity index (χ2n) is 5.18. The normalized spacial score (nSPS) is 18.3. The number of rotatable bonds is 5. The van der Waals surface area contributed by atoms with Gasteiger partial charge in [-0.1, -0.05) is 0 Å². The summed E-state index contributed by atoms with van der Waals surface area (Å²) in [5, 5.41) is 9.61. The summed E-state index contributed by atoms with van der Waals surface area (Å²) in [5.74, 6) is -0.850. The number of fused-ring (bicyclic) bond motifs is 1. The van der Waals surface area contributed by atoms with Gasteiger partial charge in [-0.3, -0.25) is 4.79 Å². The lowest BCUT2D eigenvalue weighted by molar-refractivity contribution is -0.0475. The Hall–Kier alpha value is -1.28. The van der Waals surface area contributed by atoms with Crippen molar-refractivity contribution in [1.29, 1.82) is 0 Å². The van der Waals surface area contributed by atoms with Crippen molar-refractivity contribution >= 4 is 18.4 Å². The molecule has 2 aliphatic heterocycles. The summed E-state index contributed by atoms with van der Waals surface area (Å²) >= 11 is 0. The van der Waals surface area contributed by atoms with Gasteiger partial charge in [0.05, 0.1) is 25.4 Å². The summed E-state index contributed by atoms with van der Waals surface area (Å²) in [7, 11) is -1.08. The highest BCUT2D eigenvalue weighted by molar-refractivity contribution is 6.61. The number of halogens is 1. The highest BCUT2D eigenvalue weighted by Gasteiger charge is 2.30. The number of ketones is 1. The van der Waals surface area contributed by atoms with E-state index in [1.54, 1.807) is 0 Å². The average molecular weight is 294 g/mol. The Labute approximate surface area is 122 Å². The Morgan fingerprint density at radius 1 is 1.38 bits per heavy atom. The van der Waals surface area contributed by atoms with Gasteiger partial charge in [0.2, 0.25) is 0 Å². The van der Waals surface area contributed by atoms with Crippen LogP contribution in [0.3, 0.4) is 0 Å². The molecule has 7 heteroatoms. The lowest BCUT2D eigenvalue weighted by Crippen LogP contribution is -2.29. The first kappa shape index (κ1) is 14.7. The fraction of sp³-hybridized carbons (Fsp3) is 0.500. The minimum Gasteiger partial charge on any atom is -0.423 e. The monoisotopic (exact) mass is 294 g/mol. The van der Waals surface area contributed by atoms with Gasteiger partial charge in [-0.2, -0.15) is 0 Å². The van der Waals surface area contributed by atoms with Crippen LogP contribution in [0.25, 0.3) is 0 Å². The van der Waals surface area contributed by atoms with E-state index in [9.17, 15) is 14.2 Å². The Kier molecular flexibility index (Phi) is 4.35.